The second-order valence-corrected chi connectivity index (χ2v) is 5.96. The molecule has 2 amide bonds. The number of halogens is 1. The molecule has 0 spiro atoms. The molecule has 0 aliphatic heterocycles. The number of rotatable bonds is 5. The molecule has 2 rings (SSSR count). The van der Waals surface area contributed by atoms with E-state index in [9.17, 15) is 14.7 Å². The Hall–Kier alpha value is -2.92. The van der Waals surface area contributed by atoms with Crippen LogP contribution >= 0.6 is 11.6 Å². The quantitative estimate of drug-likeness (QED) is 0.419. The number of carbonyl (C=O) groups excluding carboxylic acids is 2. The first-order valence-electron chi connectivity index (χ1n) is 7.67. The molecule has 8 heteroatoms. The van der Waals surface area contributed by atoms with Gasteiger partial charge in [-0.1, -0.05) is 29.8 Å². The molecular weight excluding hydrogens is 356 g/mol. The number of nitrogens with one attached hydrogen (secondary N) is 1. The van der Waals surface area contributed by atoms with Gasteiger partial charge in [-0.15, -0.1) is 0 Å². The topological polar surface area (TPSA) is 119 Å². The van der Waals surface area contributed by atoms with Gasteiger partial charge in [0.25, 0.3) is 11.8 Å². The normalized spacial score (nSPS) is 12.6. The zero-order chi connectivity index (χ0) is 19.3. The molecule has 0 fully saturated rings. The van der Waals surface area contributed by atoms with Crippen LogP contribution < -0.4 is 11.2 Å². The van der Waals surface area contributed by atoms with E-state index in [1.165, 1.54) is 37.3 Å². The first-order valence-corrected chi connectivity index (χ1v) is 8.05. The maximum Gasteiger partial charge on any atom is 0.274 e. The fourth-order valence-corrected chi connectivity index (χ4v) is 2.46. The number of amides is 2. The summed E-state index contributed by atoms with van der Waals surface area (Å²) in [5.74, 6) is 4.17. The number of hydrogen-bond acceptors (Lipinski definition) is 6. The summed E-state index contributed by atoms with van der Waals surface area (Å²) < 4.78 is 0. The number of nitrogens with two attached hydrogens (primary N) is 1. The lowest BCUT2D eigenvalue weighted by Gasteiger charge is -2.25. The molecule has 0 aromatic heterocycles. The zero-order valence-corrected chi connectivity index (χ0v) is 14.6. The molecule has 0 saturated carbocycles. The van der Waals surface area contributed by atoms with Gasteiger partial charge in [-0.2, -0.15) is 5.26 Å². The third-order valence-corrected chi connectivity index (χ3v) is 3.95. The highest BCUT2D eigenvalue weighted by Crippen LogP contribution is 2.21. The van der Waals surface area contributed by atoms with Gasteiger partial charge in [0.2, 0.25) is 0 Å². The molecule has 2 atom stereocenters. The number of aliphatic hydroxyl groups is 1. The van der Waals surface area contributed by atoms with Crippen LogP contribution in [0.5, 0.6) is 0 Å². The highest BCUT2D eigenvalue weighted by Gasteiger charge is 2.31. The second kappa shape index (κ2) is 8.45. The number of aliphatic hydroxyl groups excluding tert-OH is 1. The van der Waals surface area contributed by atoms with Gasteiger partial charge in [-0.05, 0) is 37.3 Å². The summed E-state index contributed by atoms with van der Waals surface area (Å²) in [6, 6.07) is 13.3. The van der Waals surface area contributed by atoms with E-state index in [2.05, 4.69) is 5.32 Å². The number of benzene rings is 2. The molecule has 4 N–H and O–H groups in total. The number of hydrogen-bond donors (Lipinski definition) is 3. The summed E-state index contributed by atoms with van der Waals surface area (Å²) in [5, 5.41) is 22.3. The van der Waals surface area contributed by atoms with Crippen LogP contribution in [-0.2, 0) is 4.79 Å². The second-order valence-electron chi connectivity index (χ2n) is 5.55. The molecule has 0 heterocycles. The van der Waals surface area contributed by atoms with Crippen molar-refractivity contribution in [2.75, 3.05) is 5.32 Å². The summed E-state index contributed by atoms with van der Waals surface area (Å²) in [7, 11) is 0. The Balaban J connectivity index is 2.21. The van der Waals surface area contributed by atoms with E-state index in [1.54, 1.807) is 18.2 Å². The van der Waals surface area contributed by atoms with Crippen LogP contribution in [0.4, 0.5) is 5.69 Å². The highest BCUT2D eigenvalue weighted by molar-refractivity contribution is 6.32. The van der Waals surface area contributed by atoms with Gasteiger partial charge in [-0.3, -0.25) is 9.59 Å². The molecule has 0 aliphatic rings. The van der Waals surface area contributed by atoms with Crippen LogP contribution in [-0.4, -0.2) is 34.1 Å². The van der Waals surface area contributed by atoms with Crippen molar-refractivity contribution in [3.05, 3.63) is 64.7 Å². The van der Waals surface area contributed by atoms with E-state index in [0.29, 0.717) is 10.7 Å². The van der Waals surface area contributed by atoms with Gasteiger partial charge in [0.05, 0.1) is 16.7 Å². The van der Waals surface area contributed by atoms with Gasteiger partial charge in [-0.25, -0.2) is 10.9 Å². The summed E-state index contributed by atoms with van der Waals surface area (Å²) in [6.45, 7) is 1.39. The minimum absolute atomic E-state index is 0.194. The number of anilines is 1. The molecule has 134 valence electrons. The molecule has 2 aromatic carbocycles. The Morgan fingerprint density at radius 3 is 2.46 bits per heavy atom. The number of nitrogens with zero attached hydrogens (tertiary/aromatic N) is 2. The lowest BCUT2D eigenvalue weighted by Crippen LogP contribution is -2.53. The third kappa shape index (κ3) is 4.37. The zero-order valence-electron chi connectivity index (χ0n) is 13.9. The van der Waals surface area contributed by atoms with Crippen LogP contribution in [0.2, 0.25) is 5.02 Å². The molecule has 0 radical (unpaired) electrons. The van der Waals surface area contributed by atoms with Crippen molar-refractivity contribution in [3.8, 4) is 6.07 Å². The fourth-order valence-electron chi connectivity index (χ4n) is 2.23. The van der Waals surface area contributed by atoms with Crippen molar-refractivity contribution >= 4 is 29.1 Å². The molecule has 0 unspecified atom stereocenters. The number of imide groups is 1. The lowest BCUT2D eigenvalue weighted by molar-refractivity contribution is -0.131. The standard InChI is InChI=1S/C18H17ClN4O3/c1-11(24)16(22-14-8-7-13(10-20)15(19)9-14)18(26)23(21)17(25)12-5-3-2-4-6-12/h2-9,11,16,22,24H,21H2,1H3/t11-,16+/m0/s1. The van der Waals surface area contributed by atoms with Gasteiger partial charge in [0.1, 0.15) is 12.1 Å². The van der Waals surface area contributed by atoms with Gasteiger partial charge >= 0.3 is 0 Å². The molecule has 2 aromatic rings. The summed E-state index contributed by atoms with van der Waals surface area (Å²) in [5.41, 5.74) is 0.916. The highest BCUT2D eigenvalue weighted by atomic mass is 35.5. The first-order chi connectivity index (χ1) is 12.3. The molecule has 26 heavy (non-hydrogen) atoms. The minimum atomic E-state index is -1.18. The number of hydrazine groups is 1. The van der Waals surface area contributed by atoms with E-state index in [-0.39, 0.29) is 16.1 Å². The van der Waals surface area contributed by atoms with Gasteiger partial charge < -0.3 is 10.4 Å². The van der Waals surface area contributed by atoms with Crippen molar-refractivity contribution in [2.45, 2.75) is 19.1 Å². The van der Waals surface area contributed by atoms with E-state index in [0.717, 1.165) is 0 Å². The van der Waals surface area contributed by atoms with E-state index in [4.69, 9.17) is 22.7 Å². The average molecular weight is 373 g/mol. The molecule has 0 bridgehead atoms. The van der Waals surface area contributed by atoms with E-state index < -0.39 is 24.0 Å². The average Bonchev–Trinajstić information content (AvgIpc) is 2.65. The Morgan fingerprint density at radius 2 is 1.92 bits per heavy atom. The van der Waals surface area contributed by atoms with Crippen LogP contribution in [0.3, 0.4) is 0 Å². The molecule has 0 saturated heterocycles. The van der Waals surface area contributed by atoms with Crippen LogP contribution in [0.1, 0.15) is 22.8 Å². The van der Waals surface area contributed by atoms with Crippen LogP contribution in [0.15, 0.2) is 48.5 Å². The number of nitriles is 1. The Labute approximate surface area is 155 Å². The monoisotopic (exact) mass is 372 g/mol. The van der Waals surface area contributed by atoms with Crippen molar-refractivity contribution in [3.63, 3.8) is 0 Å². The Bertz CT molecular complexity index is 849. The van der Waals surface area contributed by atoms with Crippen molar-refractivity contribution < 1.29 is 14.7 Å². The first kappa shape index (κ1) is 19.4. The number of carbonyl (C=O) groups is 2. The largest absolute Gasteiger partial charge is 0.391 e. The SMILES string of the molecule is C[C@H](O)[C@@H](Nc1ccc(C#N)c(Cl)c1)C(=O)N(N)C(=O)c1ccccc1. The van der Waals surface area contributed by atoms with Crippen molar-refractivity contribution in [1.29, 1.82) is 5.26 Å². The maximum atomic E-state index is 12.6. The van der Waals surface area contributed by atoms with Gasteiger partial charge in [0, 0.05) is 11.3 Å². The van der Waals surface area contributed by atoms with E-state index >= 15 is 0 Å². The van der Waals surface area contributed by atoms with Crippen molar-refractivity contribution in [2.24, 2.45) is 5.84 Å². The fraction of sp³-hybridized carbons (Fsp3) is 0.167. The molecule has 0 aliphatic carbocycles. The summed E-state index contributed by atoms with van der Waals surface area (Å²) in [6.07, 6.45) is -1.15. The third-order valence-electron chi connectivity index (χ3n) is 3.64. The Kier molecular flexibility index (Phi) is 6.31. The lowest BCUT2D eigenvalue weighted by atomic mass is 10.1. The predicted molar refractivity (Wildman–Crippen MR) is 97.1 cm³/mol. The van der Waals surface area contributed by atoms with Crippen molar-refractivity contribution in [1.82, 2.24) is 5.01 Å². The molecule has 7 nitrogen and oxygen atoms in total. The Morgan fingerprint density at radius 1 is 1.27 bits per heavy atom. The summed E-state index contributed by atoms with van der Waals surface area (Å²) >= 11 is 5.97. The summed E-state index contributed by atoms with van der Waals surface area (Å²) in [4.78, 5) is 24.9. The van der Waals surface area contributed by atoms with Crippen LogP contribution in [0, 0.1) is 11.3 Å². The molecular formula is C18H17ClN4O3. The minimum Gasteiger partial charge on any atom is -0.391 e. The smallest absolute Gasteiger partial charge is 0.274 e. The van der Waals surface area contributed by atoms with Crippen LogP contribution in [0.25, 0.3) is 0 Å². The van der Waals surface area contributed by atoms with E-state index in [1.807, 2.05) is 6.07 Å². The van der Waals surface area contributed by atoms with Gasteiger partial charge in [0.15, 0.2) is 0 Å². The maximum absolute atomic E-state index is 12.6. The predicted octanol–water partition coefficient (Wildman–Crippen LogP) is 1.92.